The molecule has 7 nitrogen and oxygen atoms in total. The standard InChI is InChI=1S/C19H19ClN4O3/c1-22-16-6-5-14(20)8-15(16)19(26)24-10-13-4-3-12(9-21)7-17(13)27-11-18(25)23-2/h3-8,22H,10-11H2,1-2H3,(H,23,25)(H,24,26). The van der Waals surface area contributed by atoms with Crippen molar-refractivity contribution >= 4 is 29.1 Å². The Morgan fingerprint density at radius 2 is 1.96 bits per heavy atom. The molecule has 0 unspecified atom stereocenters. The zero-order valence-electron chi connectivity index (χ0n) is 14.9. The van der Waals surface area contributed by atoms with Gasteiger partial charge in [0.25, 0.3) is 11.8 Å². The van der Waals surface area contributed by atoms with Gasteiger partial charge in [0.05, 0.1) is 17.2 Å². The highest BCUT2D eigenvalue weighted by Crippen LogP contribution is 2.22. The van der Waals surface area contributed by atoms with Crippen molar-refractivity contribution in [1.29, 1.82) is 5.26 Å². The average Bonchev–Trinajstić information content (AvgIpc) is 2.70. The van der Waals surface area contributed by atoms with Gasteiger partial charge in [-0.3, -0.25) is 9.59 Å². The zero-order chi connectivity index (χ0) is 19.8. The highest BCUT2D eigenvalue weighted by atomic mass is 35.5. The Labute approximate surface area is 162 Å². The lowest BCUT2D eigenvalue weighted by molar-refractivity contribution is -0.122. The van der Waals surface area contributed by atoms with Gasteiger partial charge < -0.3 is 20.7 Å². The average molecular weight is 387 g/mol. The molecule has 27 heavy (non-hydrogen) atoms. The summed E-state index contributed by atoms with van der Waals surface area (Å²) in [5, 5.41) is 17.7. The van der Waals surface area contributed by atoms with Gasteiger partial charge in [-0.1, -0.05) is 17.7 Å². The second-order valence-electron chi connectivity index (χ2n) is 5.52. The van der Waals surface area contributed by atoms with Gasteiger partial charge in [0.1, 0.15) is 5.75 Å². The van der Waals surface area contributed by atoms with Gasteiger partial charge in [0, 0.05) is 36.9 Å². The molecule has 0 atom stereocenters. The van der Waals surface area contributed by atoms with Crippen LogP contribution >= 0.6 is 11.6 Å². The van der Waals surface area contributed by atoms with Crippen molar-refractivity contribution in [2.75, 3.05) is 26.0 Å². The van der Waals surface area contributed by atoms with E-state index in [2.05, 4.69) is 16.0 Å². The summed E-state index contributed by atoms with van der Waals surface area (Å²) in [6.07, 6.45) is 0. The highest BCUT2D eigenvalue weighted by Gasteiger charge is 2.13. The van der Waals surface area contributed by atoms with E-state index in [9.17, 15) is 9.59 Å². The molecule has 8 heteroatoms. The van der Waals surface area contributed by atoms with E-state index in [0.29, 0.717) is 33.1 Å². The summed E-state index contributed by atoms with van der Waals surface area (Å²) in [7, 11) is 3.22. The molecule has 0 bridgehead atoms. The molecule has 0 spiro atoms. The Morgan fingerprint density at radius 3 is 2.63 bits per heavy atom. The van der Waals surface area contributed by atoms with Crippen LogP contribution in [0.1, 0.15) is 21.5 Å². The molecule has 2 aromatic carbocycles. The number of likely N-dealkylation sites (N-methyl/N-ethyl adjacent to an activating group) is 1. The van der Waals surface area contributed by atoms with E-state index >= 15 is 0 Å². The number of nitriles is 1. The first kappa shape index (κ1) is 20.1. The minimum atomic E-state index is -0.316. The van der Waals surface area contributed by atoms with Crippen molar-refractivity contribution in [1.82, 2.24) is 10.6 Å². The topological polar surface area (TPSA) is 103 Å². The second kappa shape index (κ2) is 9.46. The van der Waals surface area contributed by atoms with Crippen molar-refractivity contribution in [3.8, 4) is 11.8 Å². The van der Waals surface area contributed by atoms with Crippen molar-refractivity contribution in [2.24, 2.45) is 0 Å². The van der Waals surface area contributed by atoms with Crippen molar-refractivity contribution in [2.45, 2.75) is 6.54 Å². The summed E-state index contributed by atoms with van der Waals surface area (Å²) in [5.74, 6) is -0.258. The number of nitrogens with one attached hydrogen (secondary N) is 3. The van der Waals surface area contributed by atoms with Crippen LogP contribution in [0.2, 0.25) is 5.02 Å². The lowest BCUT2D eigenvalue weighted by Crippen LogP contribution is -2.26. The third kappa shape index (κ3) is 5.36. The number of hydrogen-bond acceptors (Lipinski definition) is 5. The number of carbonyl (C=O) groups is 2. The van der Waals surface area contributed by atoms with E-state index in [0.717, 1.165) is 0 Å². The van der Waals surface area contributed by atoms with Gasteiger partial charge in [-0.15, -0.1) is 0 Å². The van der Waals surface area contributed by atoms with E-state index in [4.69, 9.17) is 21.6 Å². The lowest BCUT2D eigenvalue weighted by atomic mass is 10.1. The number of hydrogen-bond donors (Lipinski definition) is 3. The molecule has 0 heterocycles. The largest absolute Gasteiger partial charge is 0.483 e. The second-order valence-corrected chi connectivity index (χ2v) is 5.96. The maximum absolute atomic E-state index is 12.5. The van der Waals surface area contributed by atoms with Crippen molar-refractivity contribution < 1.29 is 14.3 Å². The molecule has 2 amide bonds. The molecule has 2 rings (SSSR count). The number of halogens is 1. The molecule has 0 saturated heterocycles. The van der Waals surface area contributed by atoms with Crippen molar-refractivity contribution in [3.05, 3.63) is 58.1 Å². The molecule has 0 fully saturated rings. The van der Waals surface area contributed by atoms with Gasteiger partial charge in [0.2, 0.25) is 0 Å². The maximum Gasteiger partial charge on any atom is 0.257 e. The fourth-order valence-electron chi connectivity index (χ4n) is 2.31. The number of benzene rings is 2. The van der Waals surface area contributed by atoms with Gasteiger partial charge in [-0.25, -0.2) is 0 Å². The van der Waals surface area contributed by atoms with Crippen LogP contribution in [0.15, 0.2) is 36.4 Å². The van der Waals surface area contributed by atoms with Crippen LogP contribution in [0, 0.1) is 11.3 Å². The minimum Gasteiger partial charge on any atom is -0.483 e. The Balaban J connectivity index is 2.17. The number of carbonyl (C=O) groups excluding carboxylic acids is 2. The van der Waals surface area contributed by atoms with Crippen LogP contribution in [0.5, 0.6) is 5.75 Å². The molecule has 3 N–H and O–H groups in total. The molecule has 0 aromatic heterocycles. The van der Waals surface area contributed by atoms with E-state index in [1.54, 1.807) is 37.4 Å². The van der Waals surface area contributed by atoms with Crippen LogP contribution in [-0.4, -0.2) is 32.5 Å². The summed E-state index contributed by atoms with van der Waals surface area (Å²) < 4.78 is 5.49. The summed E-state index contributed by atoms with van der Waals surface area (Å²) in [6.45, 7) is -0.0339. The SMILES string of the molecule is CNC(=O)COc1cc(C#N)ccc1CNC(=O)c1cc(Cl)ccc1NC. The third-order valence-corrected chi connectivity index (χ3v) is 4.00. The zero-order valence-corrected chi connectivity index (χ0v) is 15.7. The fourth-order valence-corrected chi connectivity index (χ4v) is 2.49. The third-order valence-electron chi connectivity index (χ3n) is 3.77. The highest BCUT2D eigenvalue weighted by molar-refractivity contribution is 6.31. The number of anilines is 1. The van der Waals surface area contributed by atoms with Crippen LogP contribution in [-0.2, 0) is 11.3 Å². The van der Waals surface area contributed by atoms with E-state index in [1.165, 1.54) is 13.1 Å². The van der Waals surface area contributed by atoms with Crippen molar-refractivity contribution in [3.63, 3.8) is 0 Å². The Morgan fingerprint density at radius 1 is 1.19 bits per heavy atom. The molecule has 0 saturated carbocycles. The Bertz CT molecular complexity index is 893. The molecule has 0 aliphatic carbocycles. The monoisotopic (exact) mass is 386 g/mol. The number of nitrogens with zero attached hydrogens (tertiary/aromatic N) is 1. The summed E-state index contributed by atoms with van der Waals surface area (Å²) in [4.78, 5) is 23.9. The number of amides is 2. The van der Waals surface area contributed by atoms with Crippen LogP contribution < -0.4 is 20.7 Å². The predicted molar refractivity (Wildman–Crippen MR) is 103 cm³/mol. The van der Waals surface area contributed by atoms with E-state index in [-0.39, 0.29) is 25.0 Å². The first-order valence-electron chi connectivity index (χ1n) is 8.10. The number of rotatable bonds is 7. The van der Waals surface area contributed by atoms with Crippen LogP contribution in [0.3, 0.4) is 0 Å². The van der Waals surface area contributed by atoms with Gasteiger partial charge in [0.15, 0.2) is 6.61 Å². The molecule has 2 aromatic rings. The quantitative estimate of drug-likeness (QED) is 0.677. The summed E-state index contributed by atoms with van der Waals surface area (Å²) >= 11 is 5.98. The molecule has 140 valence electrons. The first-order chi connectivity index (χ1) is 13.0. The maximum atomic E-state index is 12.5. The van der Waals surface area contributed by atoms with E-state index < -0.39 is 0 Å². The molecule has 0 aliphatic rings. The van der Waals surface area contributed by atoms with Crippen LogP contribution in [0.4, 0.5) is 5.69 Å². The lowest BCUT2D eigenvalue weighted by Gasteiger charge is -2.14. The molecule has 0 radical (unpaired) electrons. The summed E-state index contributed by atoms with van der Waals surface area (Å²) in [6, 6.07) is 11.8. The number of ether oxygens (including phenoxy) is 1. The summed E-state index contributed by atoms with van der Waals surface area (Å²) in [5.41, 5.74) is 2.09. The predicted octanol–water partition coefficient (Wildman–Crippen LogP) is 2.31. The molecule has 0 aliphatic heterocycles. The smallest absolute Gasteiger partial charge is 0.257 e. The minimum absolute atomic E-state index is 0.156. The van der Waals surface area contributed by atoms with E-state index in [1.807, 2.05) is 6.07 Å². The first-order valence-corrected chi connectivity index (χ1v) is 8.48. The van der Waals surface area contributed by atoms with Gasteiger partial charge in [-0.05, 0) is 30.3 Å². The van der Waals surface area contributed by atoms with Gasteiger partial charge >= 0.3 is 0 Å². The Kier molecular flexibility index (Phi) is 7.03. The fraction of sp³-hybridized carbons (Fsp3) is 0.211. The van der Waals surface area contributed by atoms with Gasteiger partial charge in [-0.2, -0.15) is 5.26 Å². The molecular formula is C19H19ClN4O3. The normalized spacial score (nSPS) is 9.85. The molecular weight excluding hydrogens is 368 g/mol. The Hall–Kier alpha value is -3.24. The van der Waals surface area contributed by atoms with Crippen LogP contribution in [0.25, 0.3) is 0 Å².